The van der Waals surface area contributed by atoms with Crippen molar-refractivity contribution in [2.75, 3.05) is 6.67 Å². The maximum atomic E-state index is 11.5. The first-order chi connectivity index (χ1) is 3.50. The molecule has 0 fully saturated rings. The molecule has 0 amide bonds. The van der Waals surface area contributed by atoms with Crippen LogP contribution in [0, 0.1) is 0 Å². The van der Waals surface area contributed by atoms with Crippen LogP contribution in [-0.2, 0) is 4.79 Å². The van der Waals surface area contributed by atoms with E-state index >= 15 is 0 Å². The van der Waals surface area contributed by atoms with Gasteiger partial charge in [0.2, 0.25) is 0 Å². The molecule has 0 bridgehead atoms. The van der Waals surface area contributed by atoms with Crippen LogP contribution in [0.4, 0.5) is 4.39 Å². The van der Waals surface area contributed by atoms with Crippen molar-refractivity contribution in [3.05, 3.63) is 0 Å². The van der Waals surface area contributed by atoms with E-state index in [0.717, 1.165) is 6.92 Å². The summed E-state index contributed by atoms with van der Waals surface area (Å²) in [5.74, 6) is -1.32. The van der Waals surface area contributed by atoms with E-state index in [0.29, 0.717) is 0 Å². The highest BCUT2D eigenvalue weighted by molar-refractivity contribution is 5.77. The van der Waals surface area contributed by atoms with E-state index in [2.05, 4.69) is 0 Å². The molecule has 0 heterocycles. The molecule has 0 aromatic rings. The molecule has 0 saturated carbocycles. The highest BCUT2D eigenvalue weighted by Gasteiger charge is 2.27. The standard InChI is InChI=1S/C4H8FNO2/c1-4(6,2-5)3(7)8/h2,6H2,1H3,(H,7,8)/t4-/m1/s1/i5-1. The van der Waals surface area contributed by atoms with Gasteiger partial charge in [-0.05, 0) is 6.92 Å². The SMILES string of the molecule is C[C@@](N)(C[18F])C(=O)O. The number of nitrogens with two attached hydrogens (primary N) is 1. The van der Waals surface area contributed by atoms with Gasteiger partial charge < -0.3 is 10.8 Å². The fourth-order valence-corrected chi connectivity index (χ4v) is 0.0572. The molecule has 1 atom stereocenters. The highest BCUT2D eigenvalue weighted by atomic mass is 18.2. The van der Waals surface area contributed by atoms with Gasteiger partial charge in [0.1, 0.15) is 12.2 Å². The van der Waals surface area contributed by atoms with E-state index < -0.39 is 18.2 Å². The molecule has 8 heavy (non-hydrogen) atoms. The molecule has 0 aromatic carbocycles. The normalized spacial score (nSPS) is 17.4. The summed E-state index contributed by atoms with van der Waals surface area (Å²) >= 11 is 0. The molecule has 3 nitrogen and oxygen atoms in total. The number of rotatable bonds is 2. The largest absolute Gasteiger partial charge is 0.480 e. The number of halogens is 1. The fourth-order valence-electron chi connectivity index (χ4n) is 0.0572. The Kier molecular flexibility index (Phi) is 1.92. The van der Waals surface area contributed by atoms with Crippen LogP contribution in [0.3, 0.4) is 0 Å². The summed E-state index contributed by atoms with van der Waals surface area (Å²) in [6.45, 7) is 0.0810. The zero-order chi connectivity index (χ0) is 6.78. The van der Waals surface area contributed by atoms with Gasteiger partial charge in [-0.3, -0.25) is 4.79 Å². The maximum Gasteiger partial charge on any atom is 0.326 e. The zero-order valence-electron chi connectivity index (χ0n) is 4.52. The Bertz CT molecular complexity index is 102. The summed E-state index contributed by atoms with van der Waals surface area (Å²) in [5, 5.41) is 8.08. The molecule has 0 radical (unpaired) electrons. The monoisotopic (exact) mass is 120 g/mol. The van der Waals surface area contributed by atoms with Crippen molar-refractivity contribution in [3.8, 4) is 0 Å². The molecule has 0 unspecified atom stereocenters. The van der Waals surface area contributed by atoms with E-state index in [9.17, 15) is 9.18 Å². The van der Waals surface area contributed by atoms with Crippen LogP contribution < -0.4 is 5.73 Å². The van der Waals surface area contributed by atoms with Gasteiger partial charge in [-0.25, -0.2) is 4.39 Å². The summed E-state index contributed by atoms with van der Waals surface area (Å²) in [5.41, 5.74) is 3.18. The van der Waals surface area contributed by atoms with E-state index in [-0.39, 0.29) is 0 Å². The first-order valence-electron chi connectivity index (χ1n) is 2.09. The third kappa shape index (κ3) is 1.46. The van der Waals surface area contributed by atoms with Gasteiger partial charge in [-0.1, -0.05) is 0 Å². The summed E-state index contributed by atoms with van der Waals surface area (Å²) in [6.07, 6.45) is 0. The van der Waals surface area contributed by atoms with E-state index in [1.54, 1.807) is 0 Å². The van der Waals surface area contributed by atoms with E-state index in [4.69, 9.17) is 10.8 Å². The highest BCUT2D eigenvalue weighted by Crippen LogP contribution is 1.97. The molecule has 0 aliphatic heterocycles. The molecule has 0 aromatic heterocycles. The second kappa shape index (κ2) is 2.09. The van der Waals surface area contributed by atoms with Gasteiger partial charge in [-0.15, -0.1) is 0 Å². The summed E-state index contributed by atoms with van der Waals surface area (Å²) < 4.78 is 11.5. The molecule has 0 rings (SSSR count). The minimum Gasteiger partial charge on any atom is -0.480 e. The van der Waals surface area contributed by atoms with Gasteiger partial charge >= 0.3 is 5.97 Å². The number of carbonyl (C=O) groups is 1. The van der Waals surface area contributed by atoms with Gasteiger partial charge in [-0.2, -0.15) is 0 Å². The summed E-state index contributed by atoms with van der Waals surface area (Å²) in [6, 6.07) is 0. The molecule has 0 aliphatic carbocycles. The predicted molar refractivity (Wildman–Crippen MR) is 26.2 cm³/mol. The molecule has 0 saturated heterocycles. The lowest BCUT2D eigenvalue weighted by molar-refractivity contribution is -0.143. The number of aliphatic carboxylic acids is 1. The van der Waals surface area contributed by atoms with Crippen molar-refractivity contribution in [2.24, 2.45) is 5.73 Å². The number of alkyl halides is 1. The van der Waals surface area contributed by atoms with Gasteiger partial charge in [0.25, 0.3) is 0 Å². The van der Waals surface area contributed by atoms with Gasteiger partial charge in [0.05, 0.1) is 0 Å². The first kappa shape index (κ1) is 7.36. The van der Waals surface area contributed by atoms with Crippen molar-refractivity contribution in [1.29, 1.82) is 0 Å². The predicted octanol–water partition coefficient (Wildman–Crippen LogP) is -0.242. The van der Waals surface area contributed by atoms with Gasteiger partial charge in [0, 0.05) is 0 Å². The van der Waals surface area contributed by atoms with Crippen LogP contribution in [0.15, 0.2) is 0 Å². The maximum absolute atomic E-state index is 11.5. The Morgan fingerprint density at radius 1 is 2.00 bits per heavy atom. The first-order valence-corrected chi connectivity index (χ1v) is 2.09. The molecular weight excluding hydrogens is 112 g/mol. The van der Waals surface area contributed by atoms with Crippen LogP contribution in [0.2, 0.25) is 0 Å². The van der Waals surface area contributed by atoms with Crippen molar-refractivity contribution < 1.29 is 14.3 Å². The summed E-state index contributed by atoms with van der Waals surface area (Å²) in [7, 11) is 0. The Balaban J connectivity index is 3.91. The lowest BCUT2D eigenvalue weighted by Gasteiger charge is -2.12. The average Bonchev–Trinajstić information content (AvgIpc) is 1.67. The smallest absolute Gasteiger partial charge is 0.326 e. The Labute approximate surface area is 46.3 Å². The van der Waals surface area contributed by atoms with E-state index in [1.807, 2.05) is 0 Å². The van der Waals surface area contributed by atoms with Crippen molar-refractivity contribution in [1.82, 2.24) is 0 Å². The Morgan fingerprint density at radius 3 is 2.38 bits per heavy atom. The minimum atomic E-state index is -1.71. The molecule has 3 N–H and O–H groups in total. The Hall–Kier alpha value is -0.640. The number of carboxylic acids is 1. The van der Waals surface area contributed by atoms with Crippen LogP contribution in [0.1, 0.15) is 6.92 Å². The van der Waals surface area contributed by atoms with Crippen molar-refractivity contribution in [2.45, 2.75) is 12.5 Å². The lowest BCUT2D eigenvalue weighted by Crippen LogP contribution is -2.46. The lowest BCUT2D eigenvalue weighted by atomic mass is 10.1. The van der Waals surface area contributed by atoms with Crippen LogP contribution >= 0.6 is 0 Å². The van der Waals surface area contributed by atoms with Crippen LogP contribution in [0.5, 0.6) is 0 Å². The number of hydrogen-bond donors (Lipinski definition) is 2. The quantitative estimate of drug-likeness (QED) is 0.528. The summed E-state index contributed by atoms with van der Waals surface area (Å²) in [4.78, 5) is 9.89. The molecule has 4 heteroatoms. The minimum absolute atomic E-state index is 1.04. The number of carboxylic acid groups (broad SMARTS) is 1. The van der Waals surface area contributed by atoms with Crippen LogP contribution in [0.25, 0.3) is 0 Å². The topological polar surface area (TPSA) is 63.3 Å². The molecule has 48 valence electrons. The Morgan fingerprint density at radius 2 is 2.38 bits per heavy atom. The molecular formula is C4H8FNO2. The third-order valence-electron chi connectivity index (χ3n) is 0.766. The molecule has 0 spiro atoms. The van der Waals surface area contributed by atoms with E-state index in [1.165, 1.54) is 0 Å². The number of hydrogen-bond acceptors (Lipinski definition) is 2. The fraction of sp³-hybridized carbons (Fsp3) is 0.750. The van der Waals surface area contributed by atoms with Crippen LogP contribution in [-0.4, -0.2) is 23.3 Å². The zero-order valence-corrected chi connectivity index (χ0v) is 4.52. The van der Waals surface area contributed by atoms with Crippen molar-refractivity contribution >= 4 is 5.97 Å². The second-order valence-corrected chi connectivity index (χ2v) is 1.86. The van der Waals surface area contributed by atoms with Gasteiger partial charge in [0.15, 0.2) is 0 Å². The second-order valence-electron chi connectivity index (χ2n) is 1.86. The molecule has 0 aliphatic rings. The average molecular weight is 120 g/mol. The third-order valence-corrected chi connectivity index (χ3v) is 0.766. The van der Waals surface area contributed by atoms with Crippen molar-refractivity contribution in [3.63, 3.8) is 0 Å².